The molecule has 16 N–H and O–H groups in total. The van der Waals surface area contributed by atoms with Crippen molar-refractivity contribution in [2.45, 2.75) is 0 Å². The Hall–Kier alpha value is 4.00. The van der Waals surface area contributed by atoms with Crippen LogP contribution >= 0.6 is 0 Å². The highest BCUT2D eigenvalue weighted by molar-refractivity contribution is 3.65. The lowest BCUT2D eigenvalue weighted by Crippen LogP contribution is -3.02. The molecular weight excluding hydrogens is 1370 g/mol. The second-order valence-corrected chi connectivity index (χ2v) is 24.0. The van der Waals surface area contributed by atoms with Crippen LogP contribution in [0.4, 0.5) is 0 Å². The summed E-state index contributed by atoms with van der Waals surface area (Å²) in [7, 11) is 100.0. The highest BCUT2D eigenvalue weighted by Gasteiger charge is 1.67. The molecule has 0 heterocycles. The van der Waals surface area contributed by atoms with Gasteiger partial charge in [-0.05, 0) is 0 Å². The molecule has 0 saturated carbocycles. The SMILES string of the molecule is C[NH+](C)C.C[NH+](C)C.C[NH+](C)C.C[NH+](C)C.C[NH+](C)C.C[NH+](C)C.C[NH+](C)C.C[NH+](C)C.C[NH+](C)C.C[NH+](C)C.C[NH+](C)C.C[NH+](C)C.C[NH+](C)C.C[NH+](C)C.C[NH+](C)C.C[NH+](C)C.[Cl-].[Cl-].[Cl-].[Cl-].[Cl-].[Cl-].[Cl-].[Cl-].[Cl-].[Cl-].[Cl-].[Cl-].[Cl-].[Cl-].[Cl-].[Cl-]. The van der Waals surface area contributed by atoms with E-state index in [9.17, 15) is 0 Å². The van der Waals surface area contributed by atoms with Gasteiger partial charge in [0.15, 0.2) is 0 Å². The summed E-state index contributed by atoms with van der Waals surface area (Å²) in [4.78, 5) is 22.7. The lowest BCUT2D eigenvalue weighted by molar-refractivity contribution is -0.836. The van der Waals surface area contributed by atoms with E-state index in [2.05, 4.69) is 338 Å². The fourth-order valence-electron chi connectivity index (χ4n) is 0. The van der Waals surface area contributed by atoms with Crippen LogP contribution in [0.15, 0.2) is 0 Å². The molecule has 0 saturated heterocycles. The standard InChI is InChI=1S/16C3H9N.16ClH/c16*1-4(2)3;;;;;;;;;;;;;;;;/h16*1-3H3;16*1H. The number of nitrogens with one attached hydrogen (secondary N) is 16. The van der Waals surface area contributed by atoms with Crippen LogP contribution in [-0.2, 0) is 0 Å². The van der Waals surface area contributed by atoms with Crippen molar-refractivity contribution in [3.8, 4) is 0 Å². The van der Waals surface area contributed by atoms with E-state index in [1.807, 2.05) is 0 Å². The van der Waals surface area contributed by atoms with Gasteiger partial charge < -0.3 is 277 Å². The Morgan fingerprint density at radius 1 is 0.0625 bits per heavy atom. The van der Waals surface area contributed by atoms with Gasteiger partial charge in [-0.3, -0.25) is 0 Å². The molecule has 0 aliphatic rings. The number of rotatable bonds is 0. The van der Waals surface area contributed by atoms with E-state index in [-0.39, 0.29) is 199 Å². The zero-order valence-corrected chi connectivity index (χ0v) is 74.1. The first-order valence-electron chi connectivity index (χ1n) is 24.0. The van der Waals surface area contributed by atoms with Gasteiger partial charge in [-0.2, -0.15) is 0 Å². The van der Waals surface area contributed by atoms with E-state index in [1.165, 1.54) is 78.4 Å². The third-order valence-electron chi connectivity index (χ3n) is 0. The van der Waals surface area contributed by atoms with Gasteiger partial charge in [0.05, 0.1) is 338 Å². The topological polar surface area (TPSA) is 71.0 Å². The summed E-state index contributed by atoms with van der Waals surface area (Å²) in [5, 5.41) is 0. The van der Waals surface area contributed by atoms with Crippen LogP contribution in [0.2, 0.25) is 0 Å². The van der Waals surface area contributed by atoms with E-state index >= 15 is 0 Å². The van der Waals surface area contributed by atoms with Crippen LogP contribution in [0.25, 0.3) is 0 Å². The molecule has 0 amide bonds. The van der Waals surface area contributed by atoms with Gasteiger partial charge in [-0.1, -0.05) is 0 Å². The van der Waals surface area contributed by atoms with Crippen LogP contribution in [0.5, 0.6) is 0 Å². The molecule has 544 valence electrons. The third-order valence-corrected chi connectivity index (χ3v) is 0. The van der Waals surface area contributed by atoms with Gasteiger partial charge >= 0.3 is 0 Å². The molecule has 80 heavy (non-hydrogen) atoms. The molecule has 0 radical (unpaired) electrons. The van der Waals surface area contributed by atoms with Crippen molar-refractivity contribution in [3.05, 3.63) is 0 Å². The molecule has 0 spiro atoms. The van der Waals surface area contributed by atoms with Crippen LogP contribution < -0.4 is 277 Å². The summed E-state index contributed by atoms with van der Waals surface area (Å²) in [5.74, 6) is 0. The molecule has 0 aromatic carbocycles. The predicted molar refractivity (Wildman–Crippen MR) is 300 cm³/mol. The van der Waals surface area contributed by atoms with Crippen molar-refractivity contribution in [2.75, 3.05) is 338 Å². The molecule has 0 bridgehead atoms. The van der Waals surface area contributed by atoms with Crippen molar-refractivity contribution in [1.29, 1.82) is 0 Å². The Labute approximate surface area is 610 Å². The Bertz CT molecular complexity index is 378. The van der Waals surface area contributed by atoms with Gasteiger partial charge in [0.2, 0.25) is 0 Å². The minimum Gasteiger partial charge on any atom is -1.00 e. The molecule has 0 aliphatic carbocycles. The highest BCUT2D eigenvalue weighted by Crippen LogP contribution is 0.925. The Balaban J connectivity index is -0.0000000101. The van der Waals surface area contributed by atoms with Crippen LogP contribution in [0, 0.1) is 0 Å². The van der Waals surface area contributed by atoms with Crippen molar-refractivity contribution < 1.29 is 277 Å². The van der Waals surface area contributed by atoms with Gasteiger partial charge in [0, 0.05) is 0 Å². The van der Waals surface area contributed by atoms with Gasteiger partial charge in [0.25, 0.3) is 0 Å². The molecule has 0 aromatic rings. The first-order chi connectivity index (χ1) is 27.7. The molecule has 32 heteroatoms. The molecule has 16 nitrogen and oxygen atoms in total. The predicted octanol–water partition coefficient (Wildman–Crippen LogP) is -67.8. The lowest BCUT2D eigenvalue weighted by atomic mass is 11.0. The van der Waals surface area contributed by atoms with E-state index in [1.54, 1.807) is 0 Å². The maximum absolute atomic E-state index is 2.08. The molecule has 0 atom stereocenters. The van der Waals surface area contributed by atoms with Gasteiger partial charge in [-0.15, -0.1) is 0 Å². The summed E-state index contributed by atoms with van der Waals surface area (Å²) in [6.07, 6.45) is 0. The fourth-order valence-corrected chi connectivity index (χ4v) is 0. The normalized spacial score (nSPS) is 7.20. The fraction of sp³-hybridized carbons (Fsp3) is 1.00. The van der Waals surface area contributed by atoms with Crippen molar-refractivity contribution in [1.82, 2.24) is 0 Å². The van der Waals surface area contributed by atoms with Crippen LogP contribution in [0.3, 0.4) is 0 Å². The summed E-state index contributed by atoms with van der Waals surface area (Å²) in [5.41, 5.74) is 0. The Morgan fingerprint density at radius 3 is 0.0625 bits per heavy atom. The number of hydrogen-bond acceptors (Lipinski definition) is 0. The smallest absolute Gasteiger partial charge is 0.0661 e. The van der Waals surface area contributed by atoms with Gasteiger partial charge in [0.1, 0.15) is 0 Å². The number of hydrogen-bond donors (Lipinski definition) is 16. The van der Waals surface area contributed by atoms with Crippen LogP contribution in [-0.4, -0.2) is 338 Å². The zero-order chi connectivity index (χ0) is 57.2. The first kappa shape index (κ1) is 214. The van der Waals surface area contributed by atoms with Crippen molar-refractivity contribution in [2.24, 2.45) is 0 Å². The maximum Gasteiger partial charge on any atom is 0.0661 e. The molecule has 0 aliphatic heterocycles. The average Bonchev–Trinajstić information content (AvgIpc) is 2.83. The quantitative estimate of drug-likeness (QED) is 0.114. The molecule has 0 aromatic heterocycles. The second kappa shape index (κ2) is 206. The molecular formula is C48H160Cl16N16. The number of quaternary nitrogens is 16. The molecule has 0 fully saturated rings. The Kier molecular flexibility index (Phi) is 552. The summed E-state index contributed by atoms with van der Waals surface area (Å²) >= 11 is 0. The summed E-state index contributed by atoms with van der Waals surface area (Å²) in [6, 6.07) is 0. The monoisotopic (exact) mass is 1520 g/mol. The highest BCUT2D eigenvalue weighted by atomic mass is 35.5. The van der Waals surface area contributed by atoms with E-state index in [4.69, 9.17) is 0 Å². The summed E-state index contributed by atoms with van der Waals surface area (Å²) in [6.45, 7) is 0. The van der Waals surface area contributed by atoms with Gasteiger partial charge in [-0.25, -0.2) is 0 Å². The zero-order valence-electron chi connectivity index (χ0n) is 62.0. The minimum absolute atomic E-state index is 0. The Morgan fingerprint density at radius 2 is 0.0625 bits per heavy atom. The van der Waals surface area contributed by atoms with Crippen molar-refractivity contribution >= 4 is 0 Å². The number of halogens is 16. The first-order valence-corrected chi connectivity index (χ1v) is 24.0. The lowest BCUT2D eigenvalue weighted by Gasteiger charge is -1.88. The molecule has 0 rings (SSSR count). The largest absolute Gasteiger partial charge is 1.00 e. The van der Waals surface area contributed by atoms with E-state index in [0.717, 1.165) is 0 Å². The minimum atomic E-state index is 0. The maximum atomic E-state index is 2.08. The third kappa shape index (κ3) is 33600. The average molecular weight is 1530 g/mol. The van der Waals surface area contributed by atoms with E-state index < -0.39 is 0 Å². The van der Waals surface area contributed by atoms with E-state index in [0.29, 0.717) is 0 Å². The van der Waals surface area contributed by atoms with Crippen LogP contribution in [0.1, 0.15) is 0 Å². The second-order valence-electron chi connectivity index (χ2n) is 24.0. The molecule has 0 unspecified atom stereocenters. The summed E-state index contributed by atoms with van der Waals surface area (Å²) < 4.78 is 0. The van der Waals surface area contributed by atoms with Crippen molar-refractivity contribution in [3.63, 3.8) is 0 Å².